The first kappa shape index (κ1) is 11.8. The van der Waals surface area contributed by atoms with Crippen molar-refractivity contribution in [1.82, 2.24) is 4.57 Å². The third-order valence-electron chi connectivity index (χ3n) is 3.42. The summed E-state index contributed by atoms with van der Waals surface area (Å²) in [4.78, 5) is 12.1. The molecule has 1 aromatic heterocycles. The van der Waals surface area contributed by atoms with Gasteiger partial charge in [-0.1, -0.05) is 18.2 Å². The zero-order valence-electron chi connectivity index (χ0n) is 10.5. The van der Waals surface area contributed by atoms with E-state index in [0.29, 0.717) is 18.4 Å². The molecular weight excluding hydrogens is 238 g/mol. The van der Waals surface area contributed by atoms with E-state index in [2.05, 4.69) is 0 Å². The van der Waals surface area contributed by atoms with Crippen molar-refractivity contribution >= 4 is 11.4 Å². The second-order valence-corrected chi connectivity index (χ2v) is 4.70. The van der Waals surface area contributed by atoms with E-state index in [9.17, 15) is 9.90 Å². The largest absolute Gasteiger partial charge is 0.511 e. The van der Waals surface area contributed by atoms with Gasteiger partial charge < -0.3 is 9.67 Å². The number of rotatable bonds is 2. The molecule has 0 fully saturated rings. The number of aliphatic hydroxyl groups excluding tert-OH is 1. The van der Waals surface area contributed by atoms with Crippen LogP contribution in [0.25, 0.3) is 11.3 Å². The van der Waals surface area contributed by atoms with Gasteiger partial charge in [-0.15, -0.1) is 0 Å². The van der Waals surface area contributed by atoms with Gasteiger partial charge in [0.05, 0.1) is 11.3 Å². The Hall–Kier alpha value is -2.29. The number of carbonyl (C=O) groups is 1. The molecule has 0 amide bonds. The summed E-state index contributed by atoms with van der Waals surface area (Å²) < 4.78 is 1.94. The van der Waals surface area contributed by atoms with Gasteiger partial charge in [-0.2, -0.15) is 0 Å². The van der Waals surface area contributed by atoms with Crippen molar-refractivity contribution in [1.29, 1.82) is 0 Å². The number of allylic oxidation sites excluding steroid dienone is 2. The fourth-order valence-corrected chi connectivity index (χ4v) is 2.52. The van der Waals surface area contributed by atoms with Crippen LogP contribution in [-0.4, -0.2) is 15.5 Å². The van der Waals surface area contributed by atoms with Crippen LogP contribution in [-0.2, 0) is 4.79 Å². The molecule has 0 saturated heterocycles. The van der Waals surface area contributed by atoms with Crippen LogP contribution in [0.2, 0.25) is 0 Å². The van der Waals surface area contributed by atoms with Gasteiger partial charge >= 0.3 is 0 Å². The highest BCUT2D eigenvalue weighted by molar-refractivity contribution is 6.21. The monoisotopic (exact) mass is 253 g/mol. The molecule has 1 aromatic carbocycles. The van der Waals surface area contributed by atoms with Crippen molar-refractivity contribution in [2.45, 2.75) is 19.3 Å². The Labute approximate surface area is 111 Å². The molecule has 0 atom stereocenters. The highest BCUT2D eigenvalue weighted by Gasteiger charge is 2.24. The Kier molecular flexibility index (Phi) is 2.95. The summed E-state index contributed by atoms with van der Waals surface area (Å²) in [6.07, 6.45) is 3.74. The molecule has 0 saturated carbocycles. The molecule has 1 heterocycles. The highest BCUT2D eigenvalue weighted by Crippen LogP contribution is 2.30. The third kappa shape index (κ3) is 2.08. The van der Waals surface area contributed by atoms with Crippen LogP contribution in [0.1, 0.15) is 25.0 Å². The van der Waals surface area contributed by atoms with Crippen LogP contribution in [0.15, 0.2) is 54.4 Å². The summed E-state index contributed by atoms with van der Waals surface area (Å²) in [5, 5.41) is 10.0. The van der Waals surface area contributed by atoms with Crippen LogP contribution in [0, 0.1) is 0 Å². The van der Waals surface area contributed by atoms with Gasteiger partial charge in [0, 0.05) is 24.7 Å². The number of aromatic nitrogens is 1. The predicted octanol–water partition coefficient (Wildman–Crippen LogP) is 3.50. The molecule has 19 heavy (non-hydrogen) atoms. The summed E-state index contributed by atoms with van der Waals surface area (Å²) in [6.45, 7) is 0. The number of ketones is 1. The van der Waals surface area contributed by atoms with E-state index in [1.165, 1.54) is 0 Å². The van der Waals surface area contributed by atoms with E-state index < -0.39 is 0 Å². The number of nitrogens with zero attached hydrogens (tertiary/aromatic N) is 1. The average molecular weight is 253 g/mol. The molecule has 3 nitrogen and oxygen atoms in total. The molecule has 3 rings (SSSR count). The Morgan fingerprint density at radius 3 is 2.53 bits per heavy atom. The van der Waals surface area contributed by atoms with Crippen molar-refractivity contribution < 1.29 is 9.90 Å². The molecule has 0 radical (unpaired) electrons. The van der Waals surface area contributed by atoms with Gasteiger partial charge in [0.2, 0.25) is 0 Å². The topological polar surface area (TPSA) is 42.2 Å². The van der Waals surface area contributed by atoms with Crippen molar-refractivity contribution in [2.24, 2.45) is 0 Å². The molecule has 1 aliphatic rings. The molecule has 96 valence electrons. The van der Waals surface area contributed by atoms with Crippen molar-refractivity contribution in [2.75, 3.05) is 0 Å². The maximum Gasteiger partial charge on any atom is 0.168 e. The minimum absolute atomic E-state index is 0.0274. The van der Waals surface area contributed by atoms with Crippen LogP contribution in [0.4, 0.5) is 0 Å². The van der Waals surface area contributed by atoms with E-state index in [0.717, 1.165) is 17.8 Å². The van der Waals surface area contributed by atoms with Crippen molar-refractivity contribution in [3.8, 4) is 5.69 Å². The normalized spacial score (nSPS) is 15.9. The van der Waals surface area contributed by atoms with Gasteiger partial charge in [-0.25, -0.2) is 0 Å². The number of para-hydroxylation sites is 1. The van der Waals surface area contributed by atoms with Crippen LogP contribution in [0.3, 0.4) is 0 Å². The first-order chi connectivity index (χ1) is 9.27. The highest BCUT2D eigenvalue weighted by atomic mass is 16.3. The molecular formula is C16H15NO2. The molecule has 0 spiro atoms. The standard InChI is InChI=1S/C16H15NO2/c18-14-9-4-10-15(19)16(14)13-8-5-11-17(13)12-6-2-1-3-7-12/h1-3,5-8,11,18H,4,9-10H2. The van der Waals surface area contributed by atoms with E-state index in [1.807, 2.05) is 53.2 Å². The Bertz CT molecular complexity index is 638. The van der Waals surface area contributed by atoms with E-state index in [1.54, 1.807) is 0 Å². The number of aliphatic hydroxyl groups is 1. The number of hydrogen-bond donors (Lipinski definition) is 1. The lowest BCUT2D eigenvalue weighted by Gasteiger charge is -2.17. The zero-order chi connectivity index (χ0) is 13.2. The lowest BCUT2D eigenvalue weighted by Crippen LogP contribution is -2.13. The quantitative estimate of drug-likeness (QED) is 0.890. The lowest BCUT2D eigenvalue weighted by molar-refractivity contribution is -0.114. The van der Waals surface area contributed by atoms with Crippen LogP contribution in [0.5, 0.6) is 0 Å². The Morgan fingerprint density at radius 2 is 1.79 bits per heavy atom. The van der Waals surface area contributed by atoms with Crippen LogP contribution < -0.4 is 0 Å². The average Bonchev–Trinajstić information content (AvgIpc) is 2.89. The predicted molar refractivity (Wildman–Crippen MR) is 74.2 cm³/mol. The summed E-state index contributed by atoms with van der Waals surface area (Å²) in [6, 6.07) is 13.6. The summed E-state index contributed by atoms with van der Waals surface area (Å²) in [5.74, 6) is 0.242. The second kappa shape index (κ2) is 4.76. The smallest absolute Gasteiger partial charge is 0.168 e. The third-order valence-corrected chi connectivity index (χ3v) is 3.42. The molecule has 1 N–H and O–H groups in total. The number of Topliss-reactive ketones (excluding diaryl/α,β-unsaturated/α-hetero) is 1. The van der Waals surface area contributed by atoms with Crippen molar-refractivity contribution in [3.63, 3.8) is 0 Å². The minimum Gasteiger partial charge on any atom is -0.511 e. The summed E-state index contributed by atoms with van der Waals surface area (Å²) >= 11 is 0. The molecule has 1 aliphatic carbocycles. The molecule has 3 heteroatoms. The van der Waals surface area contributed by atoms with Crippen LogP contribution >= 0.6 is 0 Å². The van der Waals surface area contributed by atoms with E-state index in [4.69, 9.17) is 0 Å². The maximum atomic E-state index is 12.1. The number of hydrogen-bond acceptors (Lipinski definition) is 2. The second-order valence-electron chi connectivity index (χ2n) is 4.70. The van der Waals surface area contributed by atoms with E-state index >= 15 is 0 Å². The fraction of sp³-hybridized carbons (Fsp3) is 0.188. The van der Waals surface area contributed by atoms with Gasteiger partial charge in [0.25, 0.3) is 0 Å². The number of benzene rings is 1. The summed E-state index contributed by atoms with van der Waals surface area (Å²) in [7, 11) is 0. The lowest BCUT2D eigenvalue weighted by atomic mass is 9.94. The molecule has 0 unspecified atom stereocenters. The number of carbonyl (C=O) groups excluding carboxylic acids is 1. The Balaban J connectivity index is 2.13. The fourth-order valence-electron chi connectivity index (χ4n) is 2.52. The van der Waals surface area contributed by atoms with Gasteiger partial charge in [-0.05, 0) is 30.7 Å². The first-order valence-electron chi connectivity index (χ1n) is 6.46. The molecule has 2 aromatic rings. The van der Waals surface area contributed by atoms with Crippen molar-refractivity contribution in [3.05, 3.63) is 60.1 Å². The molecule has 0 bridgehead atoms. The summed E-state index contributed by atoms with van der Waals surface area (Å²) in [5.41, 5.74) is 2.23. The first-order valence-corrected chi connectivity index (χ1v) is 6.46. The SMILES string of the molecule is O=C1CCCC(O)=C1c1cccn1-c1ccccc1. The van der Waals surface area contributed by atoms with Gasteiger partial charge in [0.15, 0.2) is 5.78 Å². The van der Waals surface area contributed by atoms with Gasteiger partial charge in [0.1, 0.15) is 5.76 Å². The van der Waals surface area contributed by atoms with Gasteiger partial charge in [-0.3, -0.25) is 4.79 Å². The van der Waals surface area contributed by atoms with E-state index in [-0.39, 0.29) is 11.5 Å². The Morgan fingerprint density at radius 1 is 1.00 bits per heavy atom. The molecule has 0 aliphatic heterocycles. The maximum absolute atomic E-state index is 12.1. The zero-order valence-corrected chi connectivity index (χ0v) is 10.5. The minimum atomic E-state index is 0.0274.